The maximum atomic E-state index is 14.1. The van der Waals surface area contributed by atoms with Crippen molar-refractivity contribution in [1.82, 2.24) is 10.6 Å². The Labute approximate surface area is 279 Å². The van der Waals surface area contributed by atoms with Crippen LogP contribution in [0.25, 0.3) is 0 Å². The van der Waals surface area contributed by atoms with Gasteiger partial charge in [0.25, 0.3) is 5.91 Å². The molecule has 1 amide bonds. The number of methoxy groups -OCH3 is 1. The molecular weight excluding hydrogens is 642 g/mol. The van der Waals surface area contributed by atoms with Crippen LogP contribution in [0.5, 0.6) is 5.75 Å². The van der Waals surface area contributed by atoms with Crippen LogP contribution in [-0.2, 0) is 27.8 Å². The van der Waals surface area contributed by atoms with Crippen molar-refractivity contribution in [3.8, 4) is 5.75 Å². The molecule has 4 aromatic carbocycles. The van der Waals surface area contributed by atoms with Gasteiger partial charge in [0.1, 0.15) is 24.5 Å². The Morgan fingerprint density at radius 3 is 2.23 bits per heavy atom. The van der Waals surface area contributed by atoms with Gasteiger partial charge in [-0.15, -0.1) is 0 Å². The number of benzene rings is 4. The molecule has 0 bridgehead atoms. The smallest absolute Gasteiger partial charge is 0.251 e. The Bertz CT molecular complexity index is 1840. The molecular formula is C35H38F2N4O6S. The number of amides is 1. The van der Waals surface area contributed by atoms with Crippen LogP contribution in [0.15, 0.2) is 96.2 Å². The molecule has 0 fully saturated rings. The van der Waals surface area contributed by atoms with Crippen LogP contribution in [0.1, 0.15) is 34.0 Å². The maximum absolute atomic E-state index is 14.1. The van der Waals surface area contributed by atoms with E-state index < -0.39 is 39.7 Å². The Morgan fingerprint density at radius 2 is 1.58 bits per heavy atom. The normalized spacial score (nSPS) is 13.0. The molecule has 0 radical (unpaired) electrons. The number of ether oxygens (including phenoxy) is 1. The molecule has 13 heteroatoms. The number of halogens is 2. The lowest BCUT2D eigenvalue weighted by molar-refractivity contribution is 0.0830. The molecule has 0 saturated carbocycles. The zero-order valence-electron chi connectivity index (χ0n) is 27.0. The summed E-state index contributed by atoms with van der Waals surface area (Å²) >= 11 is 0. The minimum Gasteiger partial charge on any atom is -0.497 e. The van der Waals surface area contributed by atoms with E-state index in [9.17, 15) is 27.1 Å². The van der Waals surface area contributed by atoms with Crippen molar-refractivity contribution in [2.75, 3.05) is 31.3 Å². The lowest BCUT2D eigenvalue weighted by Gasteiger charge is -2.26. The molecule has 0 heterocycles. The van der Waals surface area contributed by atoms with Crippen LogP contribution in [0.3, 0.4) is 0 Å². The van der Waals surface area contributed by atoms with Gasteiger partial charge in [-0.2, -0.15) is 0 Å². The van der Waals surface area contributed by atoms with E-state index in [-0.39, 0.29) is 29.8 Å². The molecule has 3 N–H and O–H groups in total. The van der Waals surface area contributed by atoms with Crippen LogP contribution in [0, 0.1) is 11.6 Å². The Kier molecular flexibility index (Phi) is 12.2. The summed E-state index contributed by atoms with van der Waals surface area (Å²) in [5.41, 5.74) is 2.41. The first kappa shape index (κ1) is 36.0. The second-order valence-electron chi connectivity index (χ2n) is 11.1. The van der Waals surface area contributed by atoms with Gasteiger partial charge in [0.05, 0.1) is 42.6 Å². The Morgan fingerprint density at radius 1 is 0.896 bits per heavy atom. The molecule has 48 heavy (non-hydrogen) atoms. The Hall–Kier alpha value is -4.85. The van der Waals surface area contributed by atoms with E-state index in [1.54, 1.807) is 56.5 Å². The molecule has 254 valence electrons. The van der Waals surface area contributed by atoms with Crippen molar-refractivity contribution in [2.24, 2.45) is 5.16 Å². The van der Waals surface area contributed by atoms with Gasteiger partial charge in [-0.3, -0.25) is 4.79 Å². The predicted molar refractivity (Wildman–Crippen MR) is 181 cm³/mol. The van der Waals surface area contributed by atoms with Gasteiger partial charge in [-0.05, 0) is 79.1 Å². The number of para-hydroxylation sites is 1. The van der Waals surface area contributed by atoms with Crippen molar-refractivity contribution in [3.63, 3.8) is 0 Å². The van der Waals surface area contributed by atoms with E-state index in [2.05, 4.69) is 15.8 Å². The van der Waals surface area contributed by atoms with Crippen LogP contribution < -0.4 is 19.7 Å². The van der Waals surface area contributed by atoms with E-state index >= 15 is 0 Å². The summed E-state index contributed by atoms with van der Waals surface area (Å²) in [5.74, 6) is -1.60. The Balaban J connectivity index is 1.68. The van der Waals surface area contributed by atoms with Crippen LogP contribution >= 0.6 is 0 Å². The zero-order chi connectivity index (χ0) is 34.8. The molecule has 0 aliphatic carbocycles. The number of hydrogen-bond donors (Lipinski definition) is 3. The third-order valence-corrected chi connectivity index (χ3v) is 8.44. The average Bonchev–Trinajstić information content (AvgIpc) is 3.04. The average molecular weight is 681 g/mol. The van der Waals surface area contributed by atoms with E-state index in [4.69, 9.17) is 9.57 Å². The topological polar surface area (TPSA) is 130 Å². The fraction of sp³-hybridized carbons (Fsp3) is 0.257. The summed E-state index contributed by atoms with van der Waals surface area (Å²) in [6, 6.07) is 22.2. The van der Waals surface area contributed by atoms with Crippen molar-refractivity contribution >= 4 is 33.0 Å². The summed E-state index contributed by atoms with van der Waals surface area (Å²) in [5, 5.41) is 21.2. The second-order valence-corrected chi connectivity index (χ2v) is 12.9. The van der Waals surface area contributed by atoms with Gasteiger partial charge in [0, 0.05) is 30.3 Å². The predicted octanol–water partition coefficient (Wildman–Crippen LogP) is 4.93. The highest BCUT2D eigenvalue weighted by Gasteiger charge is 2.26. The third-order valence-electron chi connectivity index (χ3n) is 7.36. The third kappa shape index (κ3) is 9.83. The molecule has 0 aromatic heterocycles. The van der Waals surface area contributed by atoms with Gasteiger partial charge in [0.15, 0.2) is 0 Å². The molecule has 0 saturated heterocycles. The van der Waals surface area contributed by atoms with Crippen molar-refractivity contribution in [3.05, 3.63) is 125 Å². The monoisotopic (exact) mass is 680 g/mol. The van der Waals surface area contributed by atoms with Crippen LogP contribution in [-0.4, -0.2) is 64.3 Å². The van der Waals surface area contributed by atoms with Gasteiger partial charge in [-0.25, -0.2) is 21.5 Å². The number of aliphatic hydroxyl groups is 1. The first-order valence-corrected chi connectivity index (χ1v) is 16.8. The van der Waals surface area contributed by atoms with E-state index in [0.29, 0.717) is 29.3 Å². The summed E-state index contributed by atoms with van der Waals surface area (Å²) in [6.45, 7) is 2.02. The quantitative estimate of drug-likeness (QED) is 0.120. The SMILES string of the molecule is CON=C(C)c1cc(C(=O)N[C@@H](Cc2cc(F)cc(F)c2)[C@H](O)CNCc2cccc(OC)c2)cc(N(c2ccccc2)S(C)(=O)=O)c1. The minimum absolute atomic E-state index is 0.0146. The first-order valence-electron chi connectivity index (χ1n) is 14.9. The molecule has 10 nitrogen and oxygen atoms in total. The highest BCUT2D eigenvalue weighted by molar-refractivity contribution is 7.92. The van der Waals surface area contributed by atoms with Gasteiger partial charge in [-0.1, -0.05) is 35.5 Å². The first-order chi connectivity index (χ1) is 22.9. The number of nitrogens with zero attached hydrogens (tertiary/aromatic N) is 2. The largest absolute Gasteiger partial charge is 0.497 e. The second kappa shape index (κ2) is 16.3. The van der Waals surface area contributed by atoms with Crippen molar-refractivity contribution in [1.29, 1.82) is 0 Å². The van der Waals surface area contributed by atoms with Crippen molar-refractivity contribution < 1.29 is 36.7 Å². The van der Waals surface area contributed by atoms with Crippen molar-refractivity contribution in [2.45, 2.75) is 32.0 Å². The molecule has 4 rings (SSSR count). The maximum Gasteiger partial charge on any atom is 0.251 e. The summed E-state index contributed by atoms with van der Waals surface area (Å²) < 4.78 is 60.7. The fourth-order valence-electron chi connectivity index (χ4n) is 5.16. The van der Waals surface area contributed by atoms with Gasteiger partial charge < -0.3 is 25.3 Å². The molecule has 0 unspecified atom stereocenters. The summed E-state index contributed by atoms with van der Waals surface area (Å²) in [7, 11) is -0.970. The number of anilines is 2. The molecule has 0 aliphatic heterocycles. The number of carbonyl (C=O) groups is 1. The molecule has 4 aromatic rings. The fourth-order valence-corrected chi connectivity index (χ4v) is 6.15. The molecule has 0 aliphatic rings. The minimum atomic E-state index is -3.89. The standard InChI is InChI=1S/C35H38F2N4O6S/c1-23(40-47-3)26-17-27(19-31(18-26)41(48(4,44)45)30-10-6-5-7-11-30)35(43)39-33(16-25-13-28(36)20-29(37)14-25)34(42)22-38-21-24-9-8-12-32(15-24)46-2/h5-15,17-20,33-34,38,42H,16,21-22H2,1-4H3,(H,39,43)/t33-,34+/m0/s1. The number of rotatable bonds is 15. The zero-order valence-corrected chi connectivity index (χ0v) is 27.8. The number of sulfonamides is 1. The number of hydrogen-bond acceptors (Lipinski definition) is 8. The number of carbonyl (C=O) groups excluding carboxylic acids is 1. The number of aliphatic hydroxyl groups excluding tert-OH is 1. The van der Waals surface area contributed by atoms with E-state index in [1.165, 1.54) is 19.2 Å². The summed E-state index contributed by atoms with van der Waals surface area (Å²) in [4.78, 5) is 18.8. The summed E-state index contributed by atoms with van der Waals surface area (Å²) in [6.07, 6.45) is -0.272. The number of oxime groups is 1. The molecule has 0 spiro atoms. The van der Waals surface area contributed by atoms with E-state index in [1.807, 2.05) is 18.2 Å². The molecule has 2 atom stereocenters. The lowest BCUT2D eigenvalue weighted by atomic mass is 9.99. The van der Waals surface area contributed by atoms with E-state index in [0.717, 1.165) is 34.3 Å². The highest BCUT2D eigenvalue weighted by atomic mass is 32.2. The van der Waals surface area contributed by atoms with Gasteiger partial charge in [0.2, 0.25) is 10.0 Å². The van der Waals surface area contributed by atoms with Crippen LogP contribution in [0.2, 0.25) is 0 Å². The van der Waals surface area contributed by atoms with Gasteiger partial charge >= 0.3 is 0 Å². The van der Waals surface area contributed by atoms with Crippen LogP contribution in [0.4, 0.5) is 20.2 Å². The number of nitrogens with one attached hydrogen (secondary N) is 2. The highest BCUT2D eigenvalue weighted by Crippen LogP contribution is 2.30. The lowest BCUT2D eigenvalue weighted by Crippen LogP contribution is -2.48.